The molecule has 4 nitrogen and oxygen atoms in total. The van der Waals surface area contributed by atoms with E-state index in [2.05, 4.69) is 167 Å². The van der Waals surface area contributed by atoms with Gasteiger partial charge in [0.25, 0.3) is 0 Å². The summed E-state index contributed by atoms with van der Waals surface area (Å²) in [7, 11) is 0. The third kappa shape index (κ3) is 3.65. The van der Waals surface area contributed by atoms with E-state index < -0.39 is 0 Å². The molecule has 1 aliphatic heterocycles. The van der Waals surface area contributed by atoms with Crippen LogP contribution in [0.25, 0.3) is 99.0 Å². The first-order valence-corrected chi connectivity index (χ1v) is 18.1. The number of rotatable bonds is 2. The van der Waals surface area contributed by atoms with Gasteiger partial charge in [0.05, 0.1) is 33.3 Å². The summed E-state index contributed by atoms with van der Waals surface area (Å²) in [6.45, 7) is 0. The van der Waals surface area contributed by atoms with E-state index in [-0.39, 0.29) is 0 Å². The van der Waals surface area contributed by atoms with Crippen LogP contribution in [0.1, 0.15) is 0 Å². The second-order valence-corrected chi connectivity index (χ2v) is 14.4. The Morgan fingerprint density at radius 3 is 1.98 bits per heavy atom. The van der Waals surface area contributed by atoms with Gasteiger partial charge in [-0.05, 0) is 58.6 Å². The highest BCUT2D eigenvalue weighted by molar-refractivity contribution is 7.99. The van der Waals surface area contributed by atoms with Crippen LogP contribution in [0.3, 0.4) is 0 Å². The molecule has 11 aromatic rings. The van der Waals surface area contributed by atoms with E-state index in [1.165, 1.54) is 58.4 Å². The summed E-state index contributed by atoms with van der Waals surface area (Å²) >= 11 is 1.80. The molecule has 0 amide bonds. The summed E-state index contributed by atoms with van der Waals surface area (Å²) in [5.74, 6) is 0.681. The van der Waals surface area contributed by atoms with Gasteiger partial charge in [-0.15, -0.1) is 0 Å². The van der Waals surface area contributed by atoms with Crippen molar-refractivity contribution in [1.29, 1.82) is 0 Å². The monoisotopic (exact) mass is 666 g/mol. The second kappa shape index (κ2) is 10.1. The molecule has 0 saturated heterocycles. The van der Waals surface area contributed by atoms with Gasteiger partial charge in [-0.1, -0.05) is 127 Å². The number of hydrogen-bond donors (Lipinski definition) is 0. The fourth-order valence-corrected chi connectivity index (χ4v) is 9.68. The largest absolute Gasteiger partial charge is 0.309 e. The minimum absolute atomic E-state index is 0.681. The van der Waals surface area contributed by atoms with Gasteiger partial charge in [0.15, 0.2) is 0 Å². The molecule has 12 rings (SSSR count). The number of benzene rings is 8. The summed E-state index contributed by atoms with van der Waals surface area (Å²) in [4.78, 5) is 13.4. The molecule has 5 heteroatoms. The summed E-state index contributed by atoms with van der Waals surface area (Å²) in [5.41, 5.74) is 8.80. The Kier molecular flexibility index (Phi) is 5.41. The Hall–Kier alpha value is -6.43. The molecule has 0 fully saturated rings. The van der Waals surface area contributed by atoms with Crippen molar-refractivity contribution in [3.05, 3.63) is 158 Å². The average Bonchev–Trinajstić information content (AvgIpc) is 3.72. The minimum Gasteiger partial charge on any atom is -0.309 e. The highest BCUT2D eigenvalue weighted by Crippen LogP contribution is 2.48. The lowest BCUT2D eigenvalue weighted by Gasteiger charge is -2.20. The molecule has 3 aromatic heterocycles. The molecular formula is C46H26N4S. The molecule has 0 bridgehead atoms. The van der Waals surface area contributed by atoms with Crippen molar-refractivity contribution in [2.24, 2.45) is 0 Å². The molecule has 0 radical (unpaired) electrons. The predicted octanol–water partition coefficient (Wildman–Crippen LogP) is 12.3. The lowest BCUT2D eigenvalue weighted by molar-refractivity contribution is 1.01. The van der Waals surface area contributed by atoms with E-state index in [0.29, 0.717) is 5.95 Å². The molecule has 0 spiro atoms. The first-order valence-electron chi connectivity index (χ1n) is 17.3. The van der Waals surface area contributed by atoms with Crippen molar-refractivity contribution in [3.8, 4) is 22.9 Å². The highest BCUT2D eigenvalue weighted by Gasteiger charge is 2.26. The Balaban J connectivity index is 1.33. The molecular weight excluding hydrogens is 641 g/mol. The Labute approximate surface area is 296 Å². The van der Waals surface area contributed by atoms with Crippen LogP contribution in [0.2, 0.25) is 0 Å². The van der Waals surface area contributed by atoms with E-state index in [4.69, 9.17) is 9.97 Å². The molecule has 51 heavy (non-hydrogen) atoms. The van der Waals surface area contributed by atoms with Crippen LogP contribution in [0.4, 0.5) is 0 Å². The van der Waals surface area contributed by atoms with Crippen LogP contribution in [-0.4, -0.2) is 19.1 Å². The van der Waals surface area contributed by atoms with Crippen LogP contribution in [-0.2, 0) is 0 Å². The number of fused-ring (bicyclic) bond motifs is 13. The first kappa shape index (κ1) is 27.4. The van der Waals surface area contributed by atoms with Crippen LogP contribution in [0.15, 0.2) is 168 Å². The summed E-state index contributed by atoms with van der Waals surface area (Å²) in [6, 6.07) is 56.9. The fourth-order valence-electron chi connectivity index (χ4n) is 8.58. The van der Waals surface area contributed by atoms with Crippen molar-refractivity contribution in [2.75, 3.05) is 0 Å². The predicted molar refractivity (Wildman–Crippen MR) is 213 cm³/mol. The van der Waals surface area contributed by atoms with Crippen LogP contribution in [0, 0.1) is 0 Å². The number of aromatic nitrogens is 4. The van der Waals surface area contributed by atoms with Crippen molar-refractivity contribution in [1.82, 2.24) is 19.1 Å². The topological polar surface area (TPSA) is 35.6 Å². The molecule has 236 valence electrons. The number of nitrogens with zero attached hydrogens (tertiary/aromatic N) is 4. The Morgan fingerprint density at radius 2 is 1.08 bits per heavy atom. The SMILES string of the molecule is c1ccc(-n2c3ccc4c5c6ccccc6ccc5n(-c5nc6c7c(cccc7n5)Sc5ccccc5-6)c4c3c3ccc4ccccc4c32)cc1. The summed E-state index contributed by atoms with van der Waals surface area (Å²) in [6.07, 6.45) is 0. The molecule has 0 atom stereocenters. The lowest BCUT2D eigenvalue weighted by Crippen LogP contribution is -2.06. The maximum Gasteiger partial charge on any atom is 0.235 e. The van der Waals surface area contributed by atoms with Gasteiger partial charge in [0.1, 0.15) is 0 Å². The van der Waals surface area contributed by atoms with Gasteiger partial charge in [0, 0.05) is 53.4 Å². The fraction of sp³-hybridized carbons (Fsp3) is 0. The van der Waals surface area contributed by atoms with Crippen LogP contribution < -0.4 is 0 Å². The molecule has 0 aliphatic carbocycles. The van der Waals surface area contributed by atoms with Gasteiger partial charge in [-0.3, -0.25) is 4.57 Å². The highest BCUT2D eigenvalue weighted by atomic mass is 32.2. The second-order valence-electron chi connectivity index (χ2n) is 13.3. The number of hydrogen-bond acceptors (Lipinski definition) is 3. The average molecular weight is 667 g/mol. The maximum atomic E-state index is 5.53. The Bertz CT molecular complexity index is 3280. The molecule has 1 aliphatic rings. The third-order valence-corrected chi connectivity index (χ3v) is 11.8. The zero-order chi connectivity index (χ0) is 33.2. The van der Waals surface area contributed by atoms with Gasteiger partial charge in [0.2, 0.25) is 5.95 Å². The molecule has 0 N–H and O–H groups in total. The smallest absolute Gasteiger partial charge is 0.235 e. The van der Waals surface area contributed by atoms with Crippen LogP contribution >= 0.6 is 11.8 Å². The minimum atomic E-state index is 0.681. The zero-order valence-electron chi connectivity index (χ0n) is 27.2. The first-order chi connectivity index (χ1) is 25.3. The standard InChI is InChI=1S/C46H26N4S/c1-2-13-29(14-3-1)49-37-26-24-33-40-30-15-6-4-11-27(30)22-25-36(40)50(45(33)41(37)34-23-21-28-12-5-7-16-31(28)44(34)49)46-47-35-18-10-20-39-42(35)43(48-46)32-17-8-9-19-38(32)51-39/h1-26H. The third-order valence-electron chi connectivity index (χ3n) is 10.7. The lowest BCUT2D eigenvalue weighted by atomic mass is 10.0. The summed E-state index contributed by atoms with van der Waals surface area (Å²) < 4.78 is 4.79. The molecule has 4 heterocycles. The maximum absolute atomic E-state index is 5.53. The van der Waals surface area contributed by atoms with Crippen molar-refractivity contribution < 1.29 is 0 Å². The van der Waals surface area contributed by atoms with Crippen LogP contribution in [0.5, 0.6) is 0 Å². The van der Waals surface area contributed by atoms with E-state index in [9.17, 15) is 0 Å². The molecule has 0 unspecified atom stereocenters. The van der Waals surface area contributed by atoms with E-state index >= 15 is 0 Å². The van der Waals surface area contributed by atoms with E-state index in [1.54, 1.807) is 11.8 Å². The van der Waals surface area contributed by atoms with Gasteiger partial charge in [-0.25, -0.2) is 9.97 Å². The van der Waals surface area contributed by atoms with Gasteiger partial charge >= 0.3 is 0 Å². The van der Waals surface area contributed by atoms with E-state index in [1.807, 2.05) is 0 Å². The summed E-state index contributed by atoms with van der Waals surface area (Å²) in [5, 5.41) is 10.8. The Morgan fingerprint density at radius 1 is 0.412 bits per heavy atom. The van der Waals surface area contributed by atoms with Crippen molar-refractivity contribution >= 4 is 87.8 Å². The van der Waals surface area contributed by atoms with Crippen molar-refractivity contribution in [2.45, 2.75) is 9.79 Å². The van der Waals surface area contributed by atoms with Gasteiger partial charge < -0.3 is 4.57 Å². The molecule has 8 aromatic carbocycles. The quantitative estimate of drug-likeness (QED) is 0.184. The van der Waals surface area contributed by atoms with Crippen molar-refractivity contribution in [3.63, 3.8) is 0 Å². The number of para-hydroxylation sites is 1. The van der Waals surface area contributed by atoms with E-state index in [0.717, 1.165) is 44.4 Å². The molecule has 0 saturated carbocycles. The van der Waals surface area contributed by atoms with Gasteiger partial charge in [-0.2, -0.15) is 0 Å². The zero-order valence-corrected chi connectivity index (χ0v) is 28.0. The normalized spacial score (nSPS) is 12.6.